The Balaban J connectivity index is 2.08. The molecule has 0 aromatic carbocycles. The number of aromatic nitrogens is 2. The van der Waals surface area contributed by atoms with Crippen LogP contribution in [-0.4, -0.2) is 28.9 Å². The van der Waals surface area contributed by atoms with Crippen molar-refractivity contribution in [2.24, 2.45) is 5.92 Å². The number of hydrogen-bond donors (Lipinski definition) is 1. The van der Waals surface area contributed by atoms with Crippen LogP contribution >= 0.6 is 0 Å². The number of carbonyl (C=O) groups is 1. The van der Waals surface area contributed by atoms with Crippen LogP contribution in [0.1, 0.15) is 12.6 Å². The molecule has 1 aromatic heterocycles. The second-order valence-electron chi connectivity index (χ2n) is 3.58. The minimum absolute atomic E-state index is 0.133. The molecule has 1 aliphatic heterocycles. The molecule has 5 nitrogen and oxygen atoms in total. The lowest BCUT2D eigenvalue weighted by atomic mass is 10.1. The van der Waals surface area contributed by atoms with E-state index >= 15 is 0 Å². The van der Waals surface area contributed by atoms with Gasteiger partial charge in [-0.1, -0.05) is 0 Å². The summed E-state index contributed by atoms with van der Waals surface area (Å²) in [6, 6.07) is 1.96. The van der Waals surface area contributed by atoms with Crippen LogP contribution in [0, 0.1) is 5.92 Å². The van der Waals surface area contributed by atoms with Crippen molar-refractivity contribution < 1.29 is 9.53 Å². The van der Waals surface area contributed by atoms with E-state index in [2.05, 4.69) is 10.4 Å². The lowest BCUT2D eigenvalue weighted by molar-refractivity contribution is -0.148. The molecule has 0 saturated carbocycles. The Hall–Kier alpha value is -1.36. The molecule has 1 atom stereocenters. The van der Waals surface area contributed by atoms with Crippen molar-refractivity contribution in [3.63, 3.8) is 0 Å². The molecule has 0 saturated heterocycles. The molecule has 2 rings (SSSR count). The van der Waals surface area contributed by atoms with Gasteiger partial charge in [0.1, 0.15) is 0 Å². The Morgan fingerprint density at radius 2 is 2.67 bits per heavy atom. The molecule has 0 amide bonds. The first-order valence-corrected chi connectivity index (χ1v) is 5.19. The zero-order chi connectivity index (χ0) is 10.7. The molecule has 0 aliphatic carbocycles. The molecular weight excluding hydrogens is 194 g/mol. The number of esters is 1. The van der Waals surface area contributed by atoms with Gasteiger partial charge >= 0.3 is 5.97 Å². The highest BCUT2D eigenvalue weighted by Crippen LogP contribution is 2.10. The Labute approximate surface area is 88.4 Å². The van der Waals surface area contributed by atoms with Crippen molar-refractivity contribution in [1.29, 1.82) is 0 Å². The molecule has 0 spiro atoms. The van der Waals surface area contributed by atoms with Crippen molar-refractivity contribution >= 4 is 5.97 Å². The third-order valence-corrected chi connectivity index (χ3v) is 2.51. The molecule has 15 heavy (non-hydrogen) atoms. The highest BCUT2D eigenvalue weighted by Gasteiger charge is 2.23. The minimum atomic E-state index is -0.145. The van der Waals surface area contributed by atoms with Gasteiger partial charge in [-0.25, -0.2) is 0 Å². The van der Waals surface area contributed by atoms with E-state index in [1.165, 1.54) is 0 Å². The Kier molecular flexibility index (Phi) is 3.01. The SMILES string of the molecule is CCOC(=O)C1CNCc2ccnn2C1. The molecule has 2 heterocycles. The summed E-state index contributed by atoms with van der Waals surface area (Å²) in [4.78, 5) is 11.6. The molecule has 1 N–H and O–H groups in total. The summed E-state index contributed by atoms with van der Waals surface area (Å²) in [5.41, 5.74) is 1.11. The van der Waals surface area contributed by atoms with Crippen LogP contribution in [0.4, 0.5) is 0 Å². The van der Waals surface area contributed by atoms with Gasteiger partial charge in [0, 0.05) is 19.3 Å². The number of fused-ring (bicyclic) bond motifs is 1. The van der Waals surface area contributed by atoms with E-state index in [0.717, 1.165) is 12.2 Å². The van der Waals surface area contributed by atoms with Crippen LogP contribution in [0.25, 0.3) is 0 Å². The van der Waals surface area contributed by atoms with E-state index < -0.39 is 0 Å². The largest absolute Gasteiger partial charge is 0.466 e. The lowest BCUT2D eigenvalue weighted by Gasteiger charge is -2.12. The van der Waals surface area contributed by atoms with E-state index in [1.54, 1.807) is 6.20 Å². The summed E-state index contributed by atoms with van der Waals surface area (Å²) in [6.45, 7) is 4.27. The first-order chi connectivity index (χ1) is 7.31. The highest BCUT2D eigenvalue weighted by molar-refractivity contribution is 5.72. The number of carbonyl (C=O) groups excluding carboxylic acids is 1. The monoisotopic (exact) mass is 209 g/mol. The summed E-state index contributed by atoms with van der Waals surface area (Å²) in [7, 11) is 0. The van der Waals surface area contributed by atoms with Crippen molar-refractivity contribution in [2.75, 3.05) is 13.2 Å². The first kappa shape index (κ1) is 10.2. The Morgan fingerprint density at radius 3 is 3.47 bits per heavy atom. The predicted octanol–water partition coefficient (Wildman–Crippen LogP) is 0.166. The predicted molar refractivity (Wildman–Crippen MR) is 54.1 cm³/mol. The zero-order valence-corrected chi connectivity index (χ0v) is 8.77. The van der Waals surface area contributed by atoms with Gasteiger partial charge < -0.3 is 10.1 Å². The summed E-state index contributed by atoms with van der Waals surface area (Å²) in [5.74, 6) is -0.278. The maximum atomic E-state index is 11.6. The minimum Gasteiger partial charge on any atom is -0.466 e. The van der Waals surface area contributed by atoms with Crippen LogP contribution in [0.2, 0.25) is 0 Å². The fraction of sp³-hybridized carbons (Fsp3) is 0.600. The Morgan fingerprint density at radius 1 is 1.80 bits per heavy atom. The number of nitrogens with one attached hydrogen (secondary N) is 1. The van der Waals surface area contributed by atoms with Gasteiger partial charge in [-0.05, 0) is 13.0 Å². The van der Waals surface area contributed by atoms with Gasteiger partial charge in [-0.2, -0.15) is 5.10 Å². The van der Waals surface area contributed by atoms with Gasteiger partial charge in [0.2, 0.25) is 0 Å². The van der Waals surface area contributed by atoms with Crippen LogP contribution in [0.3, 0.4) is 0 Å². The number of hydrogen-bond acceptors (Lipinski definition) is 4. The topological polar surface area (TPSA) is 56.1 Å². The van der Waals surface area contributed by atoms with Gasteiger partial charge in [0.25, 0.3) is 0 Å². The van der Waals surface area contributed by atoms with E-state index in [9.17, 15) is 4.79 Å². The molecule has 5 heteroatoms. The second kappa shape index (κ2) is 4.44. The maximum Gasteiger partial charge on any atom is 0.312 e. The number of rotatable bonds is 2. The highest BCUT2D eigenvalue weighted by atomic mass is 16.5. The first-order valence-electron chi connectivity index (χ1n) is 5.19. The quantitative estimate of drug-likeness (QED) is 0.705. The molecular formula is C10H15N3O2. The van der Waals surface area contributed by atoms with Crippen molar-refractivity contribution in [3.8, 4) is 0 Å². The number of nitrogens with zero attached hydrogens (tertiary/aromatic N) is 2. The average Bonchev–Trinajstić information content (AvgIpc) is 2.56. The molecule has 1 aliphatic rings. The summed E-state index contributed by atoms with van der Waals surface area (Å²) >= 11 is 0. The van der Waals surface area contributed by atoms with Crippen molar-refractivity contribution in [3.05, 3.63) is 18.0 Å². The van der Waals surface area contributed by atoms with E-state index in [4.69, 9.17) is 4.74 Å². The molecule has 0 radical (unpaired) electrons. The molecule has 82 valence electrons. The summed E-state index contributed by atoms with van der Waals surface area (Å²) < 4.78 is 6.87. The van der Waals surface area contributed by atoms with Crippen LogP contribution in [-0.2, 0) is 22.6 Å². The van der Waals surface area contributed by atoms with Crippen molar-refractivity contribution in [1.82, 2.24) is 15.1 Å². The fourth-order valence-electron chi connectivity index (χ4n) is 1.74. The maximum absolute atomic E-state index is 11.6. The van der Waals surface area contributed by atoms with E-state index in [0.29, 0.717) is 19.7 Å². The van der Waals surface area contributed by atoms with Gasteiger partial charge in [-0.3, -0.25) is 9.48 Å². The van der Waals surface area contributed by atoms with Gasteiger partial charge in [0.15, 0.2) is 0 Å². The van der Waals surface area contributed by atoms with Crippen molar-refractivity contribution in [2.45, 2.75) is 20.0 Å². The fourth-order valence-corrected chi connectivity index (χ4v) is 1.74. The normalized spacial score (nSPS) is 20.5. The molecule has 1 unspecified atom stereocenters. The van der Waals surface area contributed by atoms with Gasteiger partial charge in [0.05, 0.1) is 24.8 Å². The summed E-state index contributed by atoms with van der Waals surface area (Å²) in [6.07, 6.45) is 1.75. The molecule has 0 fully saturated rings. The zero-order valence-electron chi connectivity index (χ0n) is 8.77. The summed E-state index contributed by atoms with van der Waals surface area (Å²) in [5, 5.41) is 7.40. The average molecular weight is 209 g/mol. The standard InChI is InChI=1S/C10H15N3O2/c1-2-15-10(14)8-5-11-6-9-3-4-12-13(9)7-8/h3-4,8,11H,2,5-7H2,1H3. The van der Waals surface area contributed by atoms with E-state index in [-0.39, 0.29) is 11.9 Å². The molecule has 0 bridgehead atoms. The number of ether oxygens (including phenoxy) is 1. The lowest BCUT2D eigenvalue weighted by Crippen LogP contribution is -2.30. The smallest absolute Gasteiger partial charge is 0.312 e. The van der Waals surface area contributed by atoms with Crippen LogP contribution in [0.5, 0.6) is 0 Å². The third kappa shape index (κ3) is 2.18. The Bertz CT molecular complexity index is 348. The van der Waals surface area contributed by atoms with Crippen LogP contribution in [0.15, 0.2) is 12.3 Å². The third-order valence-electron chi connectivity index (χ3n) is 2.51. The molecule has 1 aromatic rings. The van der Waals surface area contributed by atoms with Crippen LogP contribution < -0.4 is 5.32 Å². The van der Waals surface area contributed by atoms with Gasteiger partial charge in [-0.15, -0.1) is 0 Å². The van der Waals surface area contributed by atoms with E-state index in [1.807, 2.05) is 17.7 Å². The second-order valence-corrected chi connectivity index (χ2v) is 3.58.